The summed E-state index contributed by atoms with van der Waals surface area (Å²) < 4.78 is 12.2. The Morgan fingerprint density at radius 3 is 2.72 bits per heavy atom. The quantitative estimate of drug-likeness (QED) is 0.352. The molecule has 3 rings (SSSR count). The number of anilines is 1. The molecule has 0 radical (unpaired) electrons. The van der Waals surface area contributed by atoms with E-state index in [0.29, 0.717) is 26.2 Å². The topological polar surface area (TPSA) is 94.4 Å². The van der Waals surface area contributed by atoms with E-state index in [0.717, 1.165) is 68.2 Å². The van der Waals surface area contributed by atoms with E-state index < -0.39 is 0 Å². The lowest BCUT2D eigenvalue weighted by Crippen LogP contribution is -2.37. The lowest BCUT2D eigenvalue weighted by atomic mass is 10.2. The van der Waals surface area contributed by atoms with Crippen LogP contribution >= 0.6 is 11.6 Å². The first-order valence-electron chi connectivity index (χ1n) is 10.2. The second kappa shape index (κ2) is 10.7. The molecule has 1 N–H and O–H groups in total. The van der Waals surface area contributed by atoms with Crippen LogP contribution in [0.25, 0.3) is 11.2 Å². The van der Waals surface area contributed by atoms with Crippen LogP contribution in [-0.4, -0.2) is 65.4 Å². The van der Waals surface area contributed by atoms with Crippen molar-refractivity contribution in [1.29, 1.82) is 0 Å². The van der Waals surface area contributed by atoms with E-state index in [1.807, 2.05) is 0 Å². The fourth-order valence-electron chi connectivity index (χ4n) is 3.47. The van der Waals surface area contributed by atoms with Crippen molar-refractivity contribution >= 4 is 34.6 Å². The number of imidazole rings is 1. The zero-order valence-electron chi connectivity index (χ0n) is 17.1. The standard InChI is InChI=1S/C19H29ClN6O3/c1-3-26-14(13-21-8-6-4-5-7-15(27)28-2)22-16-17(23-19(20)24-18(16)26)25-9-11-29-12-10-25/h21H,3-13H2,1-2H3. The molecule has 1 aliphatic rings. The SMILES string of the molecule is CCn1c(CNCCCCCC(=O)OC)nc2c(N3CCOCC3)nc(Cl)nc21. The van der Waals surface area contributed by atoms with Gasteiger partial charge >= 0.3 is 5.97 Å². The molecule has 0 aromatic carbocycles. The molecule has 160 valence electrons. The Morgan fingerprint density at radius 1 is 1.21 bits per heavy atom. The van der Waals surface area contributed by atoms with Gasteiger partial charge in [-0.1, -0.05) is 6.42 Å². The summed E-state index contributed by atoms with van der Waals surface area (Å²) >= 11 is 6.22. The Hall–Kier alpha value is -1.97. The fraction of sp³-hybridized carbons (Fsp3) is 0.684. The third-order valence-electron chi connectivity index (χ3n) is 5.00. The average molecular weight is 425 g/mol. The van der Waals surface area contributed by atoms with Crippen LogP contribution in [0.4, 0.5) is 5.82 Å². The maximum atomic E-state index is 11.1. The number of aromatic nitrogens is 4. The second-order valence-electron chi connectivity index (χ2n) is 6.92. The molecule has 0 amide bonds. The molecule has 3 heterocycles. The number of carbonyl (C=O) groups is 1. The van der Waals surface area contributed by atoms with Crippen molar-refractivity contribution in [2.24, 2.45) is 0 Å². The van der Waals surface area contributed by atoms with Gasteiger partial charge < -0.3 is 24.3 Å². The highest BCUT2D eigenvalue weighted by Crippen LogP contribution is 2.26. The minimum Gasteiger partial charge on any atom is -0.469 e. The first-order chi connectivity index (χ1) is 14.1. The highest BCUT2D eigenvalue weighted by molar-refractivity contribution is 6.28. The van der Waals surface area contributed by atoms with Crippen molar-refractivity contribution in [2.75, 3.05) is 44.9 Å². The first-order valence-corrected chi connectivity index (χ1v) is 10.5. The molecule has 0 spiro atoms. The molecule has 1 aliphatic heterocycles. The van der Waals surface area contributed by atoms with E-state index in [1.54, 1.807) is 0 Å². The third-order valence-corrected chi connectivity index (χ3v) is 5.17. The Morgan fingerprint density at radius 2 is 2.00 bits per heavy atom. The number of halogens is 1. The predicted octanol–water partition coefficient (Wildman–Crippen LogP) is 2.16. The molecule has 0 saturated carbocycles. The summed E-state index contributed by atoms with van der Waals surface area (Å²) in [5.41, 5.74) is 1.55. The summed E-state index contributed by atoms with van der Waals surface area (Å²) in [5.74, 6) is 1.55. The lowest BCUT2D eigenvalue weighted by molar-refractivity contribution is -0.140. The molecular formula is C19H29ClN6O3. The first kappa shape index (κ1) is 21.7. The van der Waals surface area contributed by atoms with Crippen LogP contribution in [0.3, 0.4) is 0 Å². The number of hydrogen-bond donors (Lipinski definition) is 1. The number of rotatable bonds is 10. The molecule has 2 aromatic heterocycles. The van der Waals surface area contributed by atoms with Gasteiger partial charge in [-0.15, -0.1) is 0 Å². The van der Waals surface area contributed by atoms with E-state index in [-0.39, 0.29) is 11.3 Å². The molecular weight excluding hydrogens is 396 g/mol. The van der Waals surface area contributed by atoms with Crippen molar-refractivity contribution in [3.05, 3.63) is 11.1 Å². The smallest absolute Gasteiger partial charge is 0.305 e. The van der Waals surface area contributed by atoms with Gasteiger partial charge in [0.15, 0.2) is 17.0 Å². The van der Waals surface area contributed by atoms with E-state index in [4.69, 9.17) is 21.3 Å². The molecule has 10 heteroatoms. The maximum Gasteiger partial charge on any atom is 0.305 e. The molecule has 29 heavy (non-hydrogen) atoms. The van der Waals surface area contributed by atoms with E-state index in [2.05, 4.69) is 36.4 Å². The number of hydrogen-bond acceptors (Lipinski definition) is 8. The van der Waals surface area contributed by atoms with Gasteiger partial charge in [0.2, 0.25) is 5.28 Å². The van der Waals surface area contributed by atoms with Crippen molar-refractivity contribution in [3.8, 4) is 0 Å². The molecule has 0 atom stereocenters. The van der Waals surface area contributed by atoms with Crippen molar-refractivity contribution < 1.29 is 14.3 Å². The van der Waals surface area contributed by atoms with Crippen molar-refractivity contribution in [2.45, 2.75) is 45.7 Å². The molecule has 1 saturated heterocycles. The minimum absolute atomic E-state index is 0.148. The van der Waals surface area contributed by atoms with E-state index in [1.165, 1.54) is 7.11 Å². The molecule has 9 nitrogen and oxygen atoms in total. The Kier molecular flexibility index (Phi) is 8.02. The number of ether oxygens (including phenoxy) is 2. The van der Waals surface area contributed by atoms with Gasteiger partial charge in [-0.25, -0.2) is 4.98 Å². The van der Waals surface area contributed by atoms with Gasteiger partial charge in [0.05, 0.1) is 26.9 Å². The number of aryl methyl sites for hydroxylation is 1. The average Bonchev–Trinajstić information content (AvgIpc) is 3.09. The highest BCUT2D eigenvalue weighted by atomic mass is 35.5. The van der Waals surface area contributed by atoms with Crippen LogP contribution in [0.1, 0.15) is 38.4 Å². The number of morpholine rings is 1. The van der Waals surface area contributed by atoms with E-state index in [9.17, 15) is 4.79 Å². The largest absolute Gasteiger partial charge is 0.469 e. The maximum absolute atomic E-state index is 11.1. The summed E-state index contributed by atoms with van der Waals surface area (Å²) in [4.78, 5) is 27.0. The second-order valence-corrected chi connectivity index (χ2v) is 7.26. The lowest BCUT2D eigenvalue weighted by Gasteiger charge is -2.27. The fourth-order valence-corrected chi connectivity index (χ4v) is 3.63. The van der Waals surface area contributed by atoms with Gasteiger partial charge in [-0.05, 0) is 37.9 Å². The third kappa shape index (κ3) is 5.55. The Labute approximate surface area is 175 Å². The Balaban J connectivity index is 1.64. The van der Waals surface area contributed by atoms with Gasteiger partial charge in [0.1, 0.15) is 5.82 Å². The van der Waals surface area contributed by atoms with Crippen LogP contribution in [0.2, 0.25) is 5.28 Å². The van der Waals surface area contributed by atoms with Gasteiger partial charge in [0.25, 0.3) is 0 Å². The van der Waals surface area contributed by atoms with Gasteiger partial charge in [0, 0.05) is 26.1 Å². The summed E-state index contributed by atoms with van der Waals surface area (Å²) in [6, 6.07) is 0. The number of fused-ring (bicyclic) bond motifs is 1. The van der Waals surface area contributed by atoms with Gasteiger partial charge in [-0.3, -0.25) is 4.79 Å². The van der Waals surface area contributed by atoms with Gasteiger partial charge in [-0.2, -0.15) is 9.97 Å². The number of unbranched alkanes of at least 4 members (excludes halogenated alkanes) is 2. The Bertz CT molecular complexity index is 822. The van der Waals surface area contributed by atoms with Crippen LogP contribution in [0, 0.1) is 0 Å². The number of esters is 1. The molecule has 2 aromatic rings. The summed E-state index contributed by atoms with van der Waals surface area (Å²) in [6.45, 7) is 7.19. The van der Waals surface area contributed by atoms with Crippen molar-refractivity contribution in [3.63, 3.8) is 0 Å². The number of methoxy groups -OCH3 is 1. The zero-order chi connectivity index (χ0) is 20.6. The number of nitrogens with zero attached hydrogens (tertiary/aromatic N) is 5. The van der Waals surface area contributed by atoms with Crippen LogP contribution in [-0.2, 0) is 27.4 Å². The number of nitrogens with one attached hydrogen (secondary N) is 1. The monoisotopic (exact) mass is 424 g/mol. The molecule has 0 bridgehead atoms. The summed E-state index contributed by atoms with van der Waals surface area (Å²) in [7, 11) is 1.42. The van der Waals surface area contributed by atoms with Crippen LogP contribution in [0.15, 0.2) is 0 Å². The highest BCUT2D eigenvalue weighted by Gasteiger charge is 2.22. The molecule has 1 fully saturated rings. The zero-order valence-corrected chi connectivity index (χ0v) is 17.9. The van der Waals surface area contributed by atoms with Crippen molar-refractivity contribution in [1.82, 2.24) is 24.8 Å². The van der Waals surface area contributed by atoms with Crippen LogP contribution in [0.5, 0.6) is 0 Å². The number of carbonyl (C=O) groups excluding carboxylic acids is 1. The normalized spacial score (nSPS) is 14.5. The molecule has 0 unspecified atom stereocenters. The molecule has 0 aliphatic carbocycles. The predicted molar refractivity (Wildman–Crippen MR) is 111 cm³/mol. The van der Waals surface area contributed by atoms with E-state index >= 15 is 0 Å². The summed E-state index contributed by atoms with van der Waals surface area (Å²) in [6.07, 6.45) is 3.30. The van der Waals surface area contributed by atoms with Crippen LogP contribution < -0.4 is 10.2 Å². The minimum atomic E-state index is -0.148. The summed E-state index contributed by atoms with van der Waals surface area (Å²) in [5, 5.41) is 3.67.